The fourth-order valence-corrected chi connectivity index (χ4v) is 3.84. The van der Waals surface area contributed by atoms with Gasteiger partial charge in [0.15, 0.2) is 0 Å². The molecule has 34 heavy (non-hydrogen) atoms. The van der Waals surface area contributed by atoms with Gasteiger partial charge < -0.3 is 21.1 Å². The molecule has 1 atom stereocenters. The number of anilines is 1. The molecule has 4 rings (SSSR count). The van der Waals surface area contributed by atoms with E-state index < -0.39 is 0 Å². The van der Waals surface area contributed by atoms with Gasteiger partial charge in [-0.05, 0) is 48.0 Å². The molecule has 0 fully saturated rings. The van der Waals surface area contributed by atoms with Crippen LogP contribution in [-0.2, 0) is 0 Å². The van der Waals surface area contributed by atoms with Crippen LogP contribution in [-0.4, -0.2) is 41.8 Å². The summed E-state index contributed by atoms with van der Waals surface area (Å²) in [5.74, 6) is 0.450. The van der Waals surface area contributed by atoms with Crippen molar-refractivity contribution in [1.82, 2.24) is 9.88 Å². The van der Waals surface area contributed by atoms with E-state index in [1.54, 1.807) is 38.5 Å². The molecule has 1 aromatic heterocycles. The van der Waals surface area contributed by atoms with Crippen LogP contribution in [0.2, 0.25) is 0 Å². The molecule has 7 nitrogen and oxygen atoms in total. The van der Waals surface area contributed by atoms with Crippen LogP contribution in [0.5, 0.6) is 5.75 Å². The van der Waals surface area contributed by atoms with Crippen LogP contribution in [0.15, 0.2) is 79.0 Å². The number of ether oxygens (including phenoxy) is 1. The Morgan fingerprint density at radius 3 is 2.53 bits per heavy atom. The molecule has 0 aliphatic heterocycles. The van der Waals surface area contributed by atoms with E-state index in [2.05, 4.69) is 11.1 Å². The third-order valence-corrected chi connectivity index (χ3v) is 5.57. The number of amides is 1. The van der Waals surface area contributed by atoms with Gasteiger partial charge in [0, 0.05) is 43.4 Å². The van der Waals surface area contributed by atoms with E-state index in [0.29, 0.717) is 28.1 Å². The summed E-state index contributed by atoms with van der Waals surface area (Å²) in [5.41, 5.74) is 16.3. The Morgan fingerprint density at radius 1 is 1.12 bits per heavy atom. The molecule has 0 saturated carbocycles. The number of carbonyl (C=O) groups is 1. The Balaban J connectivity index is 1.68. The summed E-state index contributed by atoms with van der Waals surface area (Å²) in [5, 5.41) is 8.16. The lowest BCUT2D eigenvalue weighted by atomic mass is 9.96. The average Bonchev–Trinajstić information content (AvgIpc) is 2.84. The third kappa shape index (κ3) is 4.68. The molecule has 0 saturated heterocycles. The van der Waals surface area contributed by atoms with Crippen molar-refractivity contribution in [2.24, 2.45) is 5.73 Å². The number of nitrogens with zero attached hydrogens (tertiary/aromatic N) is 2. The number of carbonyl (C=O) groups excluding carboxylic acids is 1. The molecule has 1 unspecified atom stereocenters. The summed E-state index contributed by atoms with van der Waals surface area (Å²) >= 11 is 0. The Hall–Kier alpha value is -4.39. The number of nitrogens with two attached hydrogens (primary N) is 2. The van der Waals surface area contributed by atoms with E-state index in [0.717, 1.165) is 23.3 Å². The molecule has 1 heterocycles. The lowest BCUT2D eigenvalue weighted by Gasteiger charge is -2.17. The number of allylic oxidation sites excluding steroid dienone is 2. The number of hydrogen-bond acceptors (Lipinski definition) is 5. The Morgan fingerprint density at radius 2 is 1.88 bits per heavy atom. The van der Waals surface area contributed by atoms with Crippen LogP contribution in [0.4, 0.5) is 5.69 Å². The van der Waals surface area contributed by atoms with E-state index in [-0.39, 0.29) is 17.8 Å². The van der Waals surface area contributed by atoms with Crippen molar-refractivity contribution >= 4 is 17.4 Å². The van der Waals surface area contributed by atoms with Crippen molar-refractivity contribution in [2.75, 3.05) is 19.8 Å². The van der Waals surface area contributed by atoms with Crippen LogP contribution < -0.4 is 16.2 Å². The number of pyridine rings is 1. The quantitative estimate of drug-likeness (QED) is 0.381. The first-order chi connectivity index (χ1) is 16.3. The predicted octanol–water partition coefficient (Wildman–Crippen LogP) is 4.25. The highest BCUT2D eigenvalue weighted by molar-refractivity contribution is 6.08. The van der Waals surface area contributed by atoms with Crippen LogP contribution in [0.1, 0.15) is 22.3 Å². The van der Waals surface area contributed by atoms with E-state index in [9.17, 15) is 4.79 Å². The molecular formula is C27H27N5O2. The maximum absolute atomic E-state index is 12.4. The minimum atomic E-state index is -0.179. The maximum Gasteiger partial charge on any atom is 0.253 e. The van der Waals surface area contributed by atoms with Crippen molar-refractivity contribution in [3.63, 3.8) is 0 Å². The highest BCUT2D eigenvalue weighted by atomic mass is 16.5. The largest absolute Gasteiger partial charge is 0.486 e. The second-order valence-corrected chi connectivity index (χ2v) is 8.23. The monoisotopic (exact) mass is 453 g/mol. The van der Waals surface area contributed by atoms with Crippen molar-refractivity contribution in [3.8, 4) is 28.1 Å². The molecular weight excluding hydrogens is 426 g/mol. The SMILES string of the molecule is CN(C)C(=O)c1cccc(-c2cnc(-c3ccc(OC4C=CC=CC4)cc3)c(C(=N)N)c2N)c1. The number of amidine groups is 1. The van der Waals surface area contributed by atoms with Crippen molar-refractivity contribution in [1.29, 1.82) is 5.41 Å². The van der Waals surface area contributed by atoms with E-state index in [1.165, 1.54) is 4.90 Å². The summed E-state index contributed by atoms with van der Waals surface area (Å²) in [7, 11) is 3.40. The molecule has 2 aromatic carbocycles. The van der Waals surface area contributed by atoms with Gasteiger partial charge >= 0.3 is 0 Å². The second kappa shape index (κ2) is 9.62. The fraction of sp³-hybridized carbons (Fsp3) is 0.148. The minimum Gasteiger partial charge on any atom is -0.486 e. The predicted molar refractivity (Wildman–Crippen MR) is 136 cm³/mol. The summed E-state index contributed by atoms with van der Waals surface area (Å²) in [6.07, 6.45) is 10.5. The Labute approximate surface area is 198 Å². The van der Waals surface area contributed by atoms with Gasteiger partial charge in [0.2, 0.25) is 0 Å². The summed E-state index contributed by atoms with van der Waals surface area (Å²) in [6, 6.07) is 14.7. The molecule has 1 aliphatic rings. The van der Waals surface area contributed by atoms with Crippen molar-refractivity contribution in [3.05, 3.63) is 90.2 Å². The highest BCUT2D eigenvalue weighted by Gasteiger charge is 2.19. The number of benzene rings is 2. The third-order valence-electron chi connectivity index (χ3n) is 5.57. The summed E-state index contributed by atoms with van der Waals surface area (Å²) in [6.45, 7) is 0. The second-order valence-electron chi connectivity index (χ2n) is 8.23. The van der Waals surface area contributed by atoms with E-state index in [4.69, 9.17) is 21.6 Å². The van der Waals surface area contributed by atoms with Gasteiger partial charge in [-0.15, -0.1) is 0 Å². The molecule has 172 valence electrons. The first-order valence-corrected chi connectivity index (χ1v) is 10.9. The van der Waals surface area contributed by atoms with Crippen LogP contribution >= 0.6 is 0 Å². The first kappa shape index (κ1) is 22.8. The molecule has 0 radical (unpaired) electrons. The molecule has 0 bridgehead atoms. The summed E-state index contributed by atoms with van der Waals surface area (Å²) < 4.78 is 5.99. The van der Waals surface area contributed by atoms with Gasteiger partial charge in [-0.1, -0.05) is 30.4 Å². The zero-order valence-corrected chi connectivity index (χ0v) is 19.2. The molecule has 7 heteroatoms. The minimum absolute atomic E-state index is 0.00632. The maximum atomic E-state index is 12.4. The highest BCUT2D eigenvalue weighted by Crippen LogP contribution is 2.34. The number of nitrogens with one attached hydrogen (secondary N) is 1. The standard InChI is InChI=1S/C27H27N5O2/c1-32(2)27(33)19-8-6-7-18(15-19)22-16-31-25(23(24(22)28)26(29)30)17-11-13-21(14-12-17)34-20-9-4-3-5-10-20/h3-9,11-16,20H,10H2,1-2H3,(H2,28,31)(H3,29,30). The van der Waals surface area contributed by atoms with Gasteiger partial charge in [-0.2, -0.15) is 0 Å². The van der Waals surface area contributed by atoms with Gasteiger partial charge in [0.05, 0.1) is 16.9 Å². The fourth-order valence-electron chi connectivity index (χ4n) is 3.84. The Kier molecular flexibility index (Phi) is 6.45. The van der Waals surface area contributed by atoms with Crippen LogP contribution in [0.3, 0.4) is 0 Å². The number of hydrogen-bond donors (Lipinski definition) is 3. The summed E-state index contributed by atoms with van der Waals surface area (Å²) in [4.78, 5) is 18.5. The zero-order valence-electron chi connectivity index (χ0n) is 19.2. The normalized spacial score (nSPS) is 14.6. The smallest absolute Gasteiger partial charge is 0.253 e. The zero-order chi connectivity index (χ0) is 24.2. The average molecular weight is 454 g/mol. The number of nitrogen functional groups attached to an aromatic ring is 2. The first-order valence-electron chi connectivity index (χ1n) is 10.9. The molecule has 0 spiro atoms. The Bertz CT molecular complexity index is 1290. The number of aromatic nitrogens is 1. The van der Waals surface area contributed by atoms with Crippen molar-refractivity contribution < 1.29 is 9.53 Å². The van der Waals surface area contributed by atoms with Crippen LogP contribution in [0, 0.1) is 5.41 Å². The van der Waals surface area contributed by atoms with E-state index >= 15 is 0 Å². The molecule has 5 N–H and O–H groups in total. The molecule has 1 aliphatic carbocycles. The van der Waals surface area contributed by atoms with Gasteiger partial charge in [-0.25, -0.2) is 0 Å². The molecule has 1 amide bonds. The van der Waals surface area contributed by atoms with Gasteiger partial charge in [0.1, 0.15) is 17.7 Å². The molecule has 3 aromatic rings. The van der Waals surface area contributed by atoms with Crippen LogP contribution in [0.25, 0.3) is 22.4 Å². The number of rotatable bonds is 6. The lowest BCUT2D eigenvalue weighted by Crippen LogP contribution is -2.21. The lowest BCUT2D eigenvalue weighted by molar-refractivity contribution is 0.0827. The van der Waals surface area contributed by atoms with Gasteiger partial charge in [-0.3, -0.25) is 15.2 Å². The van der Waals surface area contributed by atoms with Crippen molar-refractivity contribution in [2.45, 2.75) is 12.5 Å². The topological polar surface area (TPSA) is 118 Å². The van der Waals surface area contributed by atoms with E-state index in [1.807, 2.05) is 48.6 Å². The van der Waals surface area contributed by atoms with Gasteiger partial charge in [0.25, 0.3) is 5.91 Å².